The minimum Gasteiger partial charge on any atom is -0.351 e. The molecule has 2 N–H and O–H groups in total. The summed E-state index contributed by atoms with van der Waals surface area (Å²) in [6.07, 6.45) is 1.13. The molecule has 0 bridgehead atoms. The van der Waals surface area contributed by atoms with Crippen molar-refractivity contribution in [3.8, 4) is 0 Å². The highest BCUT2D eigenvalue weighted by Crippen LogP contribution is 1.95. The van der Waals surface area contributed by atoms with Gasteiger partial charge in [-0.15, -0.1) is 0 Å². The Hall–Kier alpha value is -0.650. The fourth-order valence-electron chi connectivity index (χ4n) is 2.18. The zero-order valence-corrected chi connectivity index (χ0v) is 11.3. The quantitative estimate of drug-likeness (QED) is 0.672. The van der Waals surface area contributed by atoms with E-state index in [1.165, 1.54) is 0 Å². The van der Waals surface area contributed by atoms with Gasteiger partial charge in [-0.3, -0.25) is 9.69 Å². The van der Waals surface area contributed by atoms with Crippen LogP contribution in [-0.2, 0) is 4.79 Å². The molecule has 5 heteroatoms. The van der Waals surface area contributed by atoms with Gasteiger partial charge in [0, 0.05) is 25.7 Å². The number of likely N-dealkylation sites (N-methyl/N-ethyl adjacent to an activating group) is 1. The van der Waals surface area contributed by atoms with Crippen LogP contribution < -0.4 is 10.6 Å². The third-order valence-electron chi connectivity index (χ3n) is 2.85. The first-order valence-electron chi connectivity index (χ1n) is 6.45. The molecule has 1 saturated heterocycles. The van der Waals surface area contributed by atoms with Crippen molar-refractivity contribution >= 4 is 5.91 Å². The van der Waals surface area contributed by atoms with Gasteiger partial charge in [0.15, 0.2) is 0 Å². The van der Waals surface area contributed by atoms with E-state index in [2.05, 4.69) is 20.4 Å². The minimum absolute atomic E-state index is 0.140. The van der Waals surface area contributed by atoms with Gasteiger partial charge < -0.3 is 15.5 Å². The van der Waals surface area contributed by atoms with Crippen LogP contribution in [0.5, 0.6) is 0 Å². The van der Waals surface area contributed by atoms with Gasteiger partial charge in [0.2, 0.25) is 5.91 Å². The van der Waals surface area contributed by atoms with Crippen LogP contribution in [0, 0.1) is 0 Å². The SMILES string of the molecule is CC(CN(C)C)NC(=O)CN1CCCNCC1. The minimum atomic E-state index is 0.140. The van der Waals surface area contributed by atoms with Crippen LogP contribution in [0.2, 0.25) is 0 Å². The molecule has 0 aromatic heterocycles. The van der Waals surface area contributed by atoms with Crippen LogP contribution in [0.4, 0.5) is 0 Å². The Balaban J connectivity index is 2.23. The lowest BCUT2D eigenvalue weighted by Gasteiger charge is -2.22. The standard InChI is InChI=1S/C12H26N4O/c1-11(9-15(2)3)14-12(17)10-16-7-4-5-13-6-8-16/h11,13H,4-10H2,1-3H3,(H,14,17). The predicted octanol–water partition coefficient (Wildman–Crippen LogP) is -0.652. The Morgan fingerprint density at radius 3 is 2.88 bits per heavy atom. The van der Waals surface area contributed by atoms with Crippen molar-refractivity contribution in [2.24, 2.45) is 0 Å². The lowest BCUT2D eigenvalue weighted by Crippen LogP contribution is -2.45. The lowest BCUT2D eigenvalue weighted by molar-refractivity contribution is -0.122. The third kappa shape index (κ3) is 6.61. The molecular weight excluding hydrogens is 216 g/mol. The van der Waals surface area contributed by atoms with Crippen molar-refractivity contribution in [2.75, 3.05) is 53.4 Å². The monoisotopic (exact) mass is 242 g/mol. The molecule has 1 unspecified atom stereocenters. The molecule has 0 aliphatic carbocycles. The summed E-state index contributed by atoms with van der Waals surface area (Å²) in [6.45, 7) is 7.49. The number of amides is 1. The number of hydrogen-bond donors (Lipinski definition) is 2. The average molecular weight is 242 g/mol. The van der Waals surface area contributed by atoms with E-state index in [-0.39, 0.29) is 11.9 Å². The van der Waals surface area contributed by atoms with Crippen molar-refractivity contribution in [1.29, 1.82) is 0 Å². The maximum Gasteiger partial charge on any atom is 0.234 e. The molecule has 17 heavy (non-hydrogen) atoms. The normalized spacial score (nSPS) is 20.0. The van der Waals surface area contributed by atoms with Crippen LogP contribution >= 0.6 is 0 Å². The summed E-state index contributed by atoms with van der Waals surface area (Å²) in [7, 11) is 4.03. The molecule has 1 aliphatic heterocycles. The van der Waals surface area contributed by atoms with E-state index in [1.54, 1.807) is 0 Å². The molecular formula is C12H26N4O. The van der Waals surface area contributed by atoms with E-state index < -0.39 is 0 Å². The molecule has 0 saturated carbocycles. The molecule has 1 aliphatic rings. The van der Waals surface area contributed by atoms with E-state index in [1.807, 2.05) is 21.0 Å². The first kappa shape index (κ1) is 14.4. The van der Waals surface area contributed by atoms with Crippen molar-refractivity contribution in [2.45, 2.75) is 19.4 Å². The topological polar surface area (TPSA) is 47.6 Å². The summed E-state index contributed by atoms with van der Waals surface area (Å²) in [5, 5.41) is 6.37. The highest BCUT2D eigenvalue weighted by atomic mass is 16.2. The fraction of sp³-hybridized carbons (Fsp3) is 0.917. The van der Waals surface area contributed by atoms with Gasteiger partial charge in [-0.25, -0.2) is 0 Å². The van der Waals surface area contributed by atoms with Gasteiger partial charge in [0.25, 0.3) is 0 Å². The Morgan fingerprint density at radius 2 is 2.18 bits per heavy atom. The van der Waals surface area contributed by atoms with E-state index in [0.717, 1.165) is 39.1 Å². The van der Waals surface area contributed by atoms with Crippen LogP contribution in [0.1, 0.15) is 13.3 Å². The lowest BCUT2D eigenvalue weighted by atomic mass is 10.3. The summed E-state index contributed by atoms with van der Waals surface area (Å²) in [4.78, 5) is 16.1. The summed E-state index contributed by atoms with van der Waals surface area (Å²) in [6, 6.07) is 0.211. The van der Waals surface area contributed by atoms with Crippen molar-refractivity contribution in [3.63, 3.8) is 0 Å². The molecule has 0 spiro atoms. The predicted molar refractivity (Wildman–Crippen MR) is 70.1 cm³/mol. The Kier molecular flexibility index (Phi) is 6.47. The molecule has 5 nitrogen and oxygen atoms in total. The zero-order chi connectivity index (χ0) is 12.7. The number of nitrogens with one attached hydrogen (secondary N) is 2. The third-order valence-corrected chi connectivity index (χ3v) is 2.85. The molecule has 1 amide bonds. The molecule has 1 atom stereocenters. The molecule has 0 aromatic carbocycles. The van der Waals surface area contributed by atoms with Crippen LogP contribution in [-0.4, -0.2) is 75.1 Å². The number of carbonyl (C=O) groups is 1. The second-order valence-electron chi connectivity index (χ2n) is 5.11. The number of carbonyl (C=O) groups excluding carboxylic acids is 1. The first-order chi connectivity index (χ1) is 8.08. The zero-order valence-electron chi connectivity index (χ0n) is 11.3. The highest BCUT2D eigenvalue weighted by Gasteiger charge is 2.14. The van der Waals surface area contributed by atoms with Gasteiger partial charge in [-0.2, -0.15) is 0 Å². The maximum atomic E-state index is 11.8. The summed E-state index contributed by atoms with van der Waals surface area (Å²) < 4.78 is 0. The van der Waals surface area contributed by atoms with E-state index >= 15 is 0 Å². The number of rotatable bonds is 5. The van der Waals surface area contributed by atoms with Gasteiger partial charge in [-0.05, 0) is 40.5 Å². The smallest absolute Gasteiger partial charge is 0.234 e. The van der Waals surface area contributed by atoms with Crippen LogP contribution in [0.15, 0.2) is 0 Å². The molecule has 0 aromatic rings. The molecule has 1 heterocycles. The Labute approximate surface area is 105 Å². The molecule has 0 radical (unpaired) electrons. The largest absolute Gasteiger partial charge is 0.351 e. The van der Waals surface area contributed by atoms with E-state index in [0.29, 0.717) is 6.54 Å². The Bertz CT molecular complexity index is 225. The molecule has 100 valence electrons. The highest BCUT2D eigenvalue weighted by molar-refractivity contribution is 5.78. The van der Waals surface area contributed by atoms with Gasteiger partial charge >= 0.3 is 0 Å². The van der Waals surface area contributed by atoms with Gasteiger partial charge in [-0.1, -0.05) is 0 Å². The Morgan fingerprint density at radius 1 is 1.41 bits per heavy atom. The average Bonchev–Trinajstić information content (AvgIpc) is 2.44. The van der Waals surface area contributed by atoms with Crippen molar-refractivity contribution in [3.05, 3.63) is 0 Å². The van der Waals surface area contributed by atoms with E-state index in [4.69, 9.17) is 0 Å². The molecule has 1 fully saturated rings. The number of hydrogen-bond acceptors (Lipinski definition) is 4. The summed E-state index contributed by atoms with van der Waals surface area (Å²) in [5.41, 5.74) is 0. The second kappa shape index (κ2) is 7.63. The van der Waals surface area contributed by atoms with Crippen molar-refractivity contribution in [1.82, 2.24) is 20.4 Å². The van der Waals surface area contributed by atoms with E-state index in [9.17, 15) is 4.79 Å². The summed E-state index contributed by atoms with van der Waals surface area (Å²) >= 11 is 0. The van der Waals surface area contributed by atoms with Gasteiger partial charge in [0.1, 0.15) is 0 Å². The first-order valence-corrected chi connectivity index (χ1v) is 6.45. The van der Waals surface area contributed by atoms with Gasteiger partial charge in [0.05, 0.1) is 6.54 Å². The number of nitrogens with zero attached hydrogens (tertiary/aromatic N) is 2. The molecule has 1 rings (SSSR count). The maximum absolute atomic E-state index is 11.8. The van der Waals surface area contributed by atoms with Crippen LogP contribution in [0.25, 0.3) is 0 Å². The second-order valence-corrected chi connectivity index (χ2v) is 5.11. The van der Waals surface area contributed by atoms with Crippen molar-refractivity contribution < 1.29 is 4.79 Å². The van der Waals surface area contributed by atoms with Crippen LogP contribution in [0.3, 0.4) is 0 Å². The summed E-state index contributed by atoms with van der Waals surface area (Å²) in [5.74, 6) is 0.140. The fourth-order valence-corrected chi connectivity index (χ4v) is 2.18.